The molecular weight excluding hydrogens is 350 g/mol. The minimum Gasteiger partial charge on any atom is -0.379 e. The molecule has 0 aliphatic carbocycles. The zero-order chi connectivity index (χ0) is 19.4. The number of hydrogen-bond acceptors (Lipinski definition) is 4. The Bertz CT molecular complexity index is 688. The average molecular weight is 382 g/mol. The molecule has 5 heteroatoms. The Balaban J connectivity index is 1.42. The first kappa shape index (κ1) is 20.4. The molecule has 0 aromatic heterocycles. The number of nitrogens with one attached hydrogen (secondary N) is 2. The summed E-state index contributed by atoms with van der Waals surface area (Å²) in [6, 6.07) is 20.8. The van der Waals surface area contributed by atoms with E-state index in [4.69, 9.17) is 4.74 Å². The summed E-state index contributed by atoms with van der Waals surface area (Å²) in [4.78, 5) is 14.6. The fourth-order valence-corrected chi connectivity index (χ4v) is 3.48. The molecule has 2 aromatic rings. The van der Waals surface area contributed by atoms with Gasteiger partial charge in [0.05, 0.1) is 19.3 Å². The first-order chi connectivity index (χ1) is 13.8. The minimum absolute atomic E-state index is 0.139. The van der Waals surface area contributed by atoms with E-state index in [1.807, 2.05) is 24.3 Å². The molecule has 1 fully saturated rings. The molecule has 1 heterocycles. The molecule has 0 spiro atoms. The van der Waals surface area contributed by atoms with Crippen LogP contribution in [0.3, 0.4) is 0 Å². The van der Waals surface area contributed by atoms with E-state index in [0.717, 1.165) is 51.4 Å². The van der Waals surface area contributed by atoms with Gasteiger partial charge in [-0.05, 0) is 37.1 Å². The molecule has 1 atom stereocenters. The number of nitrogens with zero attached hydrogens (tertiary/aromatic N) is 1. The van der Waals surface area contributed by atoms with E-state index in [0.29, 0.717) is 13.0 Å². The largest absolute Gasteiger partial charge is 0.379 e. The zero-order valence-corrected chi connectivity index (χ0v) is 16.5. The predicted molar refractivity (Wildman–Crippen MR) is 113 cm³/mol. The highest BCUT2D eigenvalue weighted by atomic mass is 16.5. The molecule has 1 saturated heterocycles. The molecule has 1 aliphatic rings. The summed E-state index contributed by atoms with van der Waals surface area (Å²) < 4.78 is 5.35. The lowest BCUT2D eigenvalue weighted by atomic mass is 10.0. The highest BCUT2D eigenvalue weighted by Gasteiger charge is 2.13. The SMILES string of the molecule is O=C(CCCN1CCOCC1)NCCC(Nc1ccccc1)c1ccccc1. The molecule has 0 radical (unpaired) electrons. The predicted octanol–water partition coefficient (Wildman–Crippen LogP) is 3.46. The Kier molecular flexibility index (Phi) is 8.34. The lowest BCUT2D eigenvalue weighted by Gasteiger charge is -2.26. The standard InChI is InChI=1S/C23H31N3O2/c27-23(12-7-15-26-16-18-28-19-17-26)24-14-13-22(20-8-3-1-4-9-20)25-21-10-5-2-6-11-21/h1-6,8-11,22,25H,7,12-19H2,(H,24,27). The van der Waals surface area contributed by atoms with E-state index in [-0.39, 0.29) is 11.9 Å². The topological polar surface area (TPSA) is 53.6 Å². The average Bonchev–Trinajstić information content (AvgIpc) is 2.75. The van der Waals surface area contributed by atoms with Gasteiger partial charge in [0.15, 0.2) is 0 Å². The molecule has 150 valence electrons. The molecule has 0 saturated carbocycles. The van der Waals surface area contributed by atoms with Crippen LogP contribution in [-0.2, 0) is 9.53 Å². The van der Waals surface area contributed by atoms with Crippen LogP contribution in [0.25, 0.3) is 0 Å². The summed E-state index contributed by atoms with van der Waals surface area (Å²) in [5.74, 6) is 0.139. The van der Waals surface area contributed by atoms with E-state index < -0.39 is 0 Å². The Morgan fingerprint density at radius 2 is 1.68 bits per heavy atom. The number of amides is 1. The van der Waals surface area contributed by atoms with Crippen LogP contribution in [0.5, 0.6) is 0 Å². The van der Waals surface area contributed by atoms with E-state index in [9.17, 15) is 4.79 Å². The summed E-state index contributed by atoms with van der Waals surface area (Å²) in [6.07, 6.45) is 2.32. The summed E-state index contributed by atoms with van der Waals surface area (Å²) >= 11 is 0. The van der Waals surface area contributed by atoms with Crippen molar-refractivity contribution in [1.29, 1.82) is 0 Å². The third-order valence-electron chi connectivity index (χ3n) is 5.05. The first-order valence-electron chi connectivity index (χ1n) is 10.2. The van der Waals surface area contributed by atoms with Crippen molar-refractivity contribution in [2.75, 3.05) is 44.7 Å². The number of hydrogen-bond donors (Lipinski definition) is 2. The van der Waals surface area contributed by atoms with Crippen LogP contribution in [-0.4, -0.2) is 50.2 Å². The van der Waals surface area contributed by atoms with Gasteiger partial charge in [0, 0.05) is 31.7 Å². The second-order valence-corrected chi connectivity index (χ2v) is 7.17. The molecule has 0 bridgehead atoms. The smallest absolute Gasteiger partial charge is 0.220 e. The Hall–Kier alpha value is -2.37. The van der Waals surface area contributed by atoms with Crippen LogP contribution in [0, 0.1) is 0 Å². The number of para-hydroxylation sites is 1. The fourth-order valence-electron chi connectivity index (χ4n) is 3.48. The minimum atomic E-state index is 0.139. The van der Waals surface area contributed by atoms with Gasteiger partial charge < -0.3 is 15.4 Å². The summed E-state index contributed by atoms with van der Waals surface area (Å²) in [7, 11) is 0. The van der Waals surface area contributed by atoms with E-state index in [1.165, 1.54) is 5.56 Å². The number of rotatable bonds is 10. The monoisotopic (exact) mass is 381 g/mol. The van der Waals surface area contributed by atoms with E-state index in [2.05, 4.69) is 51.9 Å². The van der Waals surface area contributed by atoms with E-state index >= 15 is 0 Å². The Morgan fingerprint density at radius 3 is 2.39 bits per heavy atom. The van der Waals surface area contributed by atoms with Gasteiger partial charge in [-0.25, -0.2) is 0 Å². The maximum absolute atomic E-state index is 12.2. The van der Waals surface area contributed by atoms with Crippen LogP contribution in [0.1, 0.15) is 30.9 Å². The number of morpholine rings is 1. The lowest BCUT2D eigenvalue weighted by molar-refractivity contribution is -0.121. The number of ether oxygens (including phenoxy) is 1. The highest BCUT2D eigenvalue weighted by molar-refractivity contribution is 5.75. The quantitative estimate of drug-likeness (QED) is 0.662. The van der Waals surface area contributed by atoms with Gasteiger partial charge in [0.25, 0.3) is 0 Å². The number of carbonyl (C=O) groups is 1. The molecule has 1 amide bonds. The third-order valence-corrected chi connectivity index (χ3v) is 5.05. The van der Waals surface area contributed by atoms with Crippen molar-refractivity contribution in [3.63, 3.8) is 0 Å². The van der Waals surface area contributed by atoms with Crippen molar-refractivity contribution in [3.8, 4) is 0 Å². The Morgan fingerprint density at radius 1 is 1.00 bits per heavy atom. The summed E-state index contributed by atoms with van der Waals surface area (Å²) in [5.41, 5.74) is 2.32. The van der Waals surface area contributed by atoms with Crippen LogP contribution >= 0.6 is 0 Å². The van der Waals surface area contributed by atoms with Crippen molar-refractivity contribution in [3.05, 3.63) is 66.2 Å². The molecule has 1 aliphatic heterocycles. The molecule has 5 nitrogen and oxygen atoms in total. The maximum atomic E-state index is 12.2. The summed E-state index contributed by atoms with van der Waals surface area (Å²) in [6.45, 7) is 5.20. The van der Waals surface area contributed by atoms with Crippen molar-refractivity contribution in [1.82, 2.24) is 10.2 Å². The van der Waals surface area contributed by atoms with Crippen LogP contribution in [0.2, 0.25) is 0 Å². The zero-order valence-electron chi connectivity index (χ0n) is 16.5. The van der Waals surface area contributed by atoms with E-state index in [1.54, 1.807) is 0 Å². The third kappa shape index (κ3) is 6.98. The second-order valence-electron chi connectivity index (χ2n) is 7.17. The summed E-state index contributed by atoms with van der Waals surface area (Å²) in [5, 5.41) is 6.67. The number of carbonyl (C=O) groups excluding carboxylic acids is 1. The van der Waals surface area contributed by atoms with Crippen LogP contribution in [0.4, 0.5) is 5.69 Å². The van der Waals surface area contributed by atoms with Gasteiger partial charge in [0.1, 0.15) is 0 Å². The van der Waals surface area contributed by atoms with Crippen molar-refractivity contribution >= 4 is 11.6 Å². The second kappa shape index (κ2) is 11.5. The van der Waals surface area contributed by atoms with Gasteiger partial charge in [0.2, 0.25) is 5.91 Å². The molecule has 28 heavy (non-hydrogen) atoms. The van der Waals surface area contributed by atoms with Gasteiger partial charge in [-0.3, -0.25) is 9.69 Å². The van der Waals surface area contributed by atoms with Crippen LogP contribution < -0.4 is 10.6 Å². The fraction of sp³-hybridized carbons (Fsp3) is 0.435. The first-order valence-corrected chi connectivity index (χ1v) is 10.2. The number of anilines is 1. The van der Waals surface area contributed by atoms with Crippen molar-refractivity contribution in [2.24, 2.45) is 0 Å². The van der Waals surface area contributed by atoms with Gasteiger partial charge >= 0.3 is 0 Å². The van der Waals surface area contributed by atoms with Crippen molar-refractivity contribution < 1.29 is 9.53 Å². The molecular formula is C23H31N3O2. The van der Waals surface area contributed by atoms with Gasteiger partial charge in [-0.1, -0.05) is 48.5 Å². The normalized spacial score (nSPS) is 15.7. The number of benzene rings is 2. The lowest BCUT2D eigenvalue weighted by Crippen LogP contribution is -2.37. The Labute approximate surface area is 168 Å². The molecule has 1 unspecified atom stereocenters. The van der Waals surface area contributed by atoms with Crippen molar-refractivity contribution in [2.45, 2.75) is 25.3 Å². The van der Waals surface area contributed by atoms with Gasteiger partial charge in [-0.2, -0.15) is 0 Å². The van der Waals surface area contributed by atoms with Gasteiger partial charge in [-0.15, -0.1) is 0 Å². The maximum Gasteiger partial charge on any atom is 0.220 e. The molecule has 2 aromatic carbocycles. The molecule has 3 rings (SSSR count). The van der Waals surface area contributed by atoms with Crippen LogP contribution in [0.15, 0.2) is 60.7 Å². The molecule has 2 N–H and O–H groups in total. The highest BCUT2D eigenvalue weighted by Crippen LogP contribution is 2.22.